The number of rotatable bonds is 14. The maximum Gasteiger partial charge on any atom is 0.129 e. The molecule has 0 aromatic heterocycles. The number of nitrogens with one attached hydrogen (secondary N) is 1. The molecule has 1 unspecified atom stereocenters. The van der Waals surface area contributed by atoms with Gasteiger partial charge in [0.15, 0.2) is 0 Å². The Morgan fingerprint density at radius 2 is 1.76 bits per heavy atom. The lowest BCUT2D eigenvalue weighted by Crippen LogP contribution is -2.45. The highest BCUT2D eigenvalue weighted by Gasteiger charge is 2.20. The molecule has 33 heavy (non-hydrogen) atoms. The molecule has 7 heteroatoms. The second-order valence-electron chi connectivity index (χ2n) is 9.27. The van der Waals surface area contributed by atoms with Crippen LogP contribution in [-0.2, 0) is 12.8 Å². The van der Waals surface area contributed by atoms with Crippen LogP contribution in [0, 0.1) is 17.5 Å². The van der Waals surface area contributed by atoms with Crippen LogP contribution in [-0.4, -0.2) is 41.2 Å². The highest BCUT2D eigenvalue weighted by atomic mass is 32.2. The van der Waals surface area contributed by atoms with Crippen LogP contribution in [0.5, 0.6) is 0 Å². The largest absolute Gasteiger partial charge is 0.390 e. The summed E-state index contributed by atoms with van der Waals surface area (Å²) in [6, 6.07) is 9.04. The summed E-state index contributed by atoms with van der Waals surface area (Å²) in [5, 5.41) is 13.8. The molecule has 2 rings (SSSR count). The number of β-amino-alcohol motifs (C(OH)–C–C–N with tert-alkyl or cyclic N) is 1. The third-order valence-electron chi connectivity index (χ3n) is 5.59. The van der Waals surface area contributed by atoms with Crippen LogP contribution in [0.25, 0.3) is 0 Å². The quantitative estimate of drug-likeness (QED) is 0.317. The standard InChI is InChI=1S/C26H37F3N2OS/c1-5-6-9-19-14-20(27)16-22(15-19)33-31(4)18-21(32)17-30-26(2,3)13-8-10-23-24(28)11-7-12-25(23)29/h7,11-12,14-16,21,30,32H,5-6,8-10,13,17-18H2,1-4H3. The number of halogens is 3. The average molecular weight is 483 g/mol. The molecule has 0 saturated heterocycles. The Bertz CT molecular complexity index is 858. The molecular weight excluding hydrogens is 445 g/mol. The van der Waals surface area contributed by atoms with Crippen molar-refractivity contribution in [2.24, 2.45) is 0 Å². The molecule has 0 spiro atoms. The van der Waals surface area contributed by atoms with E-state index in [1.165, 1.54) is 36.2 Å². The van der Waals surface area contributed by atoms with Gasteiger partial charge in [-0.25, -0.2) is 17.5 Å². The number of hydrogen-bond acceptors (Lipinski definition) is 4. The minimum Gasteiger partial charge on any atom is -0.390 e. The molecule has 0 saturated carbocycles. The lowest BCUT2D eigenvalue weighted by molar-refractivity contribution is 0.140. The highest BCUT2D eigenvalue weighted by Crippen LogP contribution is 2.25. The minimum atomic E-state index is -0.612. The van der Waals surface area contributed by atoms with E-state index < -0.39 is 17.7 Å². The Kier molecular flexibility index (Phi) is 11.2. The van der Waals surface area contributed by atoms with Crippen molar-refractivity contribution in [3.63, 3.8) is 0 Å². The Hall–Kier alpha value is -1.54. The van der Waals surface area contributed by atoms with E-state index in [0.717, 1.165) is 29.7 Å². The van der Waals surface area contributed by atoms with Crippen LogP contribution in [0.4, 0.5) is 13.2 Å². The first-order valence-corrected chi connectivity index (χ1v) is 12.4. The maximum atomic E-state index is 13.9. The second-order valence-corrected chi connectivity index (χ2v) is 10.6. The molecule has 0 aliphatic rings. The van der Waals surface area contributed by atoms with Gasteiger partial charge < -0.3 is 10.4 Å². The van der Waals surface area contributed by atoms with Gasteiger partial charge in [0, 0.05) is 29.1 Å². The third-order valence-corrected chi connectivity index (χ3v) is 6.49. The summed E-state index contributed by atoms with van der Waals surface area (Å²) in [5.41, 5.74) is 0.833. The Morgan fingerprint density at radius 3 is 2.42 bits per heavy atom. The summed E-state index contributed by atoms with van der Waals surface area (Å²) >= 11 is 1.42. The average Bonchev–Trinajstić information content (AvgIpc) is 2.72. The van der Waals surface area contributed by atoms with E-state index in [0.29, 0.717) is 32.4 Å². The monoisotopic (exact) mass is 482 g/mol. The zero-order valence-corrected chi connectivity index (χ0v) is 21.0. The molecule has 0 fully saturated rings. The van der Waals surface area contributed by atoms with Crippen LogP contribution >= 0.6 is 11.9 Å². The molecule has 1 atom stereocenters. The molecule has 184 valence electrons. The van der Waals surface area contributed by atoms with Gasteiger partial charge in [0.25, 0.3) is 0 Å². The molecule has 0 radical (unpaired) electrons. The molecule has 2 aromatic rings. The molecule has 0 aliphatic heterocycles. The number of likely N-dealkylation sites (N-methyl/N-ethyl adjacent to an activating group) is 1. The fraction of sp³-hybridized carbons (Fsp3) is 0.538. The van der Waals surface area contributed by atoms with Crippen LogP contribution in [0.1, 0.15) is 57.6 Å². The highest BCUT2D eigenvalue weighted by molar-refractivity contribution is 7.97. The number of nitrogens with zero attached hydrogens (tertiary/aromatic N) is 1. The van der Waals surface area contributed by atoms with Crippen molar-refractivity contribution in [1.82, 2.24) is 9.62 Å². The maximum absolute atomic E-state index is 13.9. The lowest BCUT2D eigenvalue weighted by atomic mass is 9.95. The number of aliphatic hydroxyl groups is 1. The summed E-state index contributed by atoms with van der Waals surface area (Å²) in [4.78, 5) is 0.824. The van der Waals surface area contributed by atoms with Gasteiger partial charge in [0.2, 0.25) is 0 Å². The zero-order chi connectivity index (χ0) is 24.4. The van der Waals surface area contributed by atoms with Crippen molar-refractivity contribution in [3.05, 3.63) is 65.0 Å². The summed E-state index contributed by atoms with van der Waals surface area (Å²) in [6.07, 6.45) is 4.01. The summed E-state index contributed by atoms with van der Waals surface area (Å²) < 4.78 is 43.4. The van der Waals surface area contributed by atoms with Gasteiger partial charge in [-0.3, -0.25) is 0 Å². The van der Waals surface area contributed by atoms with Crippen molar-refractivity contribution in [2.45, 2.75) is 75.8 Å². The number of unbranched alkanes of at least 4 members (excludes halogenated alkanes) is 1. The van der Waals surface area contributed by atoms with Gasteiger partial charge in [-0.1, -0.05) is 19.4 Å². The molecule has 3 nitrogen and oxygen atoms in total. The van der Waals surface area contributed by atoms with E-state index in [-0.39, 0.29) is 16.9 Å². The van der Waals surface area contributed by atoms with E-state index >= 15 is 0 Å². The summed E-state index contributed by atoms with van der Waals surface area (Å²) in [6.45, 7) is 6.94. The van der Waals surface area contributed by atoms with Crippen molar-refractivity contribution >= 4 is 11.9 Å². The van der Waals surface area contributed by atoms with Crippen molar-refractivity contribution < 1.29 is 18.3 Å². The topological polar surface area (TPSA) is 35.5 Å². The van der Waals surface area contributed by atoms with Crippen LogP contribution < -0.4 is 5.32 Å². The zero-order valence-electron chi connectivity index (χ0n) is 20.1. The smallest absolute Gasteiger partial charge is 0.129 e. The van der Waals surface area contributed by atoms with Gasteiger partial charge in [-0.05, 0) is 101 Å². The molecule has 2 N–H and O–H groups in total. The third kappa shape index (κ3) is 10.1. The van der Waals surface area contributed by atoms with Crippen molar-refractivity contribution in [3.8, 4) is 0 Å². The normalized spacial score (nSPS) is 13.0. The molecule has 0 heterocycles. The summed E-state index contributed by atoms with van der Waals surface area (Å²) in [5.74, 6) is -1.25. The molecule has 0 amide bonds. The summed E-state index contributed by atoms with van der Waals surface area (Å²) in [7, 11) is 1.87. The van der Waals surface area contributed by atoms with Crippen LogP contribution in [0.2, 0.25) is 0 Å². The molecule has 0 aliphatic carbocycles. The Balaban J connectivity index is 1.76. The van der Waals surface area contributed by atoms with E-state index in [1.807, 2.05) is 31.3 Å². The van der Waals surface area contributed by atoms with E-state index in [1.54, 1.807) is 6.07 Å². The minimum absolute atomic E-state index is 0.127. The first-order valence-electron chi connectivity index (χ1n) is 11.6. The predicted molar refractivity (Wildman–Crippen MR) is 131 cm³/mol. The number of hydrogen-bond donors (Lipinski definition) is 2. The van der Waals surface area contributed by atoms with E-state index in [9.17, 15) is 18.3 Å². The molecule has 0 bridgehead atoms. The fourth-order valence-electron chi connectivity index (χ4n) is 3.74. The Labute approximate surface area is 200 Å². The Morgan fingerprint density at radius 1 is 1.06 bits per heavy atom. The van der Waals surface area contributed by atoms with Crippen molar-refractivity contribution in [1.29, 1.82) is 0 Å². The van der Waals surface area contributed by atoms with Crippen molar-refractivity contribution in [2.75, 3.05) is 20.1 Å². The molecular formula is C26H37F3N2OS. The molecule has 2 aromatic carbocycles. The van der Waals surface area contributed by atoms with Gasteiger partial charge in [0.05, 0.1) is 6.10 Å². The lowest BCUT2D eigenvalue weighted by Gasteiger charge is -2.29. The SMILES string of the molecule is CCCCc1cc(F)cc(SN(C)CC(O)CNC(C)(C)CCCc2c(F)cccc2F)c1. The van der Waals surface area contributed by atoms with Crippen LogP contribution in [0.3, 0.4) is 0 Å². The van der Waals surface area contributed by atoms with Gasteiger partial charge in [-0.15, -0.1) is 0 Å². The first-order chi connectivity index (χ1) is 15.6. The van der Waals surface area contributed by atoms with Crippen LogP contribution in [0.15, 0.2) is 41.3 Å². The van der Waals surface area contributed by atoms with E-state index in [4.69, 9.17) is 0 Å². The first kappa shape index (κ1) is 27.7. The van der Waals surface area contributed by atoms with Gasteiger partial charge >= 0.3 is 0 Å². The van der Waals surface area contributed by atoms with Gasteiger partial charge in [0.1, 0.15) is 17.5 Å². The van der Waals surface area contributed by atoms with Gasteiger partial charge in [-0.2, -0.15) is 0 Å². The second kappa shape index (κ2) is 13.4. The number of aryl methyl sites for hydroxylation is 1. The fourth-order valence-corrected chi connectivity index (χ4v) is 4.71. The number of aliphatic hydroxyl groups excluding tert-OH is 1. The number of benzene rings is 2. The predicted octanol–water partition coefficient (Wildman–Crippen LogP) is 6.14. The van der Waals surface area contributed by atoms with E-state index in [2.05, 4.69) is 12.2 Å².